The lowest BCUT2D eigenvalue weighted by atomic mass is 10.1. The number of carbonyl (C=O) groups is 1. The van der Waals surface area contributed by atoms with E-state index in [-0.39, 0.29) is 11.5 Å². The van der Waals surface area contributed by atoms with Crippen molar-refractivity contribution in [2.75, 3.05) is 6.54 Å². The summed E-state index contributed by atoms with van der Waals surface area (Å²) in [5.41, 5.74) is 2.15. The summed E-state index contributed by atoms with van der Waals surface area (Å²) in [6, 6.07) is 3.62. The van der Waals surface area contributed by atoms with Crippen LogP contribution < -0.4 is 5.56 Å². The molecule has 1 N–H and O–H groups in total. The molecule has 0 unspecified atom stereocenters. The van der Waals surface area contributed by atoms with Crippen LogP contribution in [0.5, 0.6) is 0 Å². The molecule has 6 nitrogen and oxygen atoms in total. The van der Waals surface area contributed by atoms with Gasteiger partial charge in [-0.25, -0.2) is 4.98 Å². The lowest BCUT2D eigenvalue weighted by Crippen LogP contribution is -2.39. The summed E-state index contributed by atoms with van der Waals surface area (Å²) in [4.78, 5) is 38.0. The Morgan fingerprint density at radius 1 is 1.29 bits per heavy atom. The maximum atomic E-state index is 12.4. The highest BCUT2D eigenvalue weighted by Crippen LogP contribution is 2.33. The minimum Gasteiger partial charge on any atom is -0.336 e. The maximum Gasteiger partial charge on any atom is 0.254 e. The van der Waals surface area contributed by atoms with Crippen molar-refractivity contribution >= 4 is 5.91 Å². The standard InChI is InChI=1S/C18H20N4O2/c23-16(4-3-12-1-2-12)22-10-7-14-15(11-22)20-17(21-18(14)24)13-5-8-19-9-6-13/h5-6,8-9,12H,1-4,7,10-11H2,(H,20,21,24). The highest BCUT2D eigenvalue weighted by Gasteiger charge is 2.27. The van der Waals surface area contributed by atoms with Crippen molar-refractivity contribution in [1.82, 2.24) is 19.9 Å². The van der Waals surface area contributed by atoms with Crippen molar-refractivity contribution < 1.29 is 4.79 Å². The van der Waals surface area contributed by atoms with Crippen molar-refractivity contribution in [2.24, 2.45) is 5.92 Å². The van der Waals surface area contributed by atoms with Crippen LogP contribution in [0.4, 0.5) is 0 Å². The highest BCUT2D eigenvalue weighted by atomic mass is 16.2. The SMILES string of the molecule is O=C(CCC1CC1)N1CCc2c(nc(-c3ccncc3)[nH]c2=O)C1. The van der Waals surface area contributed by atoms with Crippen LogP contribution in [0.1, 0.15) is 36.9 Å². The van der Waals surface area contributed by atoms with Crippen molar-refractivity contribution in [3.8, 4) is 11.4 Å². The van der Waals surface area contributed by atoms with Gasteiger partial charge >= 0.3 is 0 Å². The number of rotatable bonds is 4. The zero-order valence-corrected chi connectivity index (χ0v) is 13.5. The molecule has 6 heteroatoms. The molecule has 0 atom stereocenters. The first-order valence-electron chi connectivity index (χ1n) is 8.51. The molecule has 0 saturated heterocycles. The Bertz CT molecular complexity index is 812. The average Bonchev–Trinajstić information content (AvgIpc) is 3.44. The molecule has 24 heavy (non-hydrogen) atoms. The largest absolute Gasteiger partial charge is 0.336 e. The molecule has 124 valence electrons. The van der Waals surface area contributed by atoms with Crippen LogP contribution in [0.3, 0.4) is 0 Å². The van der Waals surface area contributed by atoms with Crippen molar-refractivity contribution in [1.29, 1.82) is 0 Å². The van der Waals surface area contributed by atoms with Gasteiger partial charge in [-0.2, -0.15) is 0 Å². The minimum absolute atomic E-state index is 0.100. The van der Waals surface area contributed by atoms with E-state index in [2.05, 4.69) is 15.0 Å². The smallest absolute Gasteiger partial charge is 0.254 e. The zero-order chi connectivity index (χ0) is 16.5. The number of nitrogens with one attached hydrogen (secondary N) is 1. The number of carbonyl (C=O) groups excluding carboxylic acids is 1. The van der Waals surface area contributed by atoms with Gasteiger partial charge in [0.15, 0.2) is 0 Å². The first-order valence-corrected chi connectivity index (χ1v) is 8.51. The van der Waals surface area contributed by atoms with Crippen LogP contribution >= 0.6 is 0 Å². The third kappa shape index (κ3) is 3.09. The molecule has 2 aromatic rings. The van der Waals surface area contributed by atoms with Gasteiger partial charge in [-0.3, -0.25) is 14.6 Å². The van der Waals surface area contributed by atoms with E-state index in [1.165, 1.54) is 12.8 Å². The number of H-pyrrole nitrogens is 1. The quantitative estimate of drug-likeness (QED) is 0.932. The molecular weight excluding hydrogens is 304 g/mol. The third-order valence-electron chi connectivity index (χ3n) is 4.84. The fourth-order valence-electron chi connectivity index (χ4n) is 3.19. The van der Waals surface area contributed by atoms with Gasteiger partial charge < -0.3 is 9.88 Å². The van der Waals surface area contributed by atoms with E-state index >= 15 is 0 Å². The van der Waals surface area contributed by atoms with E-state index < -0.39 is 0 Å². The van der Waals surface area contributed by atoms with E-state index in [0.29, 0.717) is 37.3 Å². The number of amides is 1. The number of hydrogen-bond acceptors (Lipinski definition) is 4. The van der Waals surface area contributed by atoms with Crippen molar-refractivity contribution in [2.45, 2.75) is 38.6 Å². The van der Waals surface area contributed by atoms with Crippen LogP contribution in [-0.2, 0) is 17.8 Å². The second kappa shape index (κ2) is 6.19. The van der Waals surface area contributed by atoms with Gasteiger partial charge in [-0.1, -0.05) is 12.8 Å². The summed E-state index contributed by atoms with van der Waals surface area (Å²) in [5, 5.41) is 0. The fourth-order valence-corrected chi connectivity index (χ4v) is 3.19. The Morgan fingerprint density at radius 2 is 2.08 bits per heavy atom. The Hall–Kier alpha value is -2.50. The van der Waals surface area contributed by atoms with E-state index in [0.717, 1.165) is 23.6 Å². The van der Waals surface area contributed by atoms with Gasteiger partial charge in [0.25, 0.3) is 5.56 Å². The van der Waals surface area contributed by atoms with E-state index in [1.54, 1.807) is 12.4 Å². The molecule has 2 aromatic heterocycles. The summed E-state index contributed by atoms with van der Waals surface area (Å²) in [7, 11) is 0. The van der Waals surface area contributed by atoms with Crippen LogP contribution in [-0.4, -0.2) is 32.3 Å². The number of aromatic nitrogens is 3. The van der Waals surface area contributed by atoms with Gasteiger partial charge in [0, 0.05) is 36.5 Å². The summed E-state index contributed by atoms with van der Waals surface area (Å²) < 4.78 is 0. The number of hydrogen-bond donors (Lipinski definition) is 1. The van der Waals surface area contributed by atoms with Crippen LogP contribution in [0.2, 0.25) is 0 Å². The Morgan fingerprint density at radius 3 is 2.83 bits per heavy atom. The normalized spacial score (nSPS) is 16.8. The maximum absolute atomic E-state index is 12.4. The first kappa shape index (κ1) is 15.1. The lowest BCUT2D eigenvalue weighted by molar-refractivity contribution is -0.132. The predicted molar refractivity (Wildman–Crippen MR) is 89.2 cm³/mol. The fraction of sp³-hybridized carbons (Fsp3) is 0.444. The molecular formula is C18H20N4O2. The number of aromatic amines is 1. The molecule has 4 rings (SSSR count). The summed E-state index contributed by atoms with van der Waals surface area (Å²) in [5.74, 6) is 1.47. The predicted octanol–water partition coefficient (Wildman–Crippen LogP) is 1.91. The molecule has 1 fully saturated rings. The second-order valence-corrected chi connectivity index (χ2v) is 6.62. The van der Waals surface area contributed by atoms with Gasteiger partial charge in [0.05, 0.1) is 12.2 Å². The van der Waals surface area contributed by atoms with Gasteiger partial charge in [0.1, 0.15) is 5.82 Å². The Kier molecular flexibility index (Phi) is 3.88. The average molecular weight is 324 g/mol. The topological polar surface area (TPSA) is 79.0 Å². The van der Waals surface area contributed by atoms with E-state index in [1.807, 2.05) is 17.0 Å². The van der Waals surface area contributed by atoms with Gasteiger partial charge in [0.2, 0.25) is 5.91 Å². The Labute approximate surface area is 140 Å². The monoisotopic (exact) mass is 324 g/mol. The van der Waals surface area contributed by atoms with Gasteiger partial charge in [-0.15, -0.1) is 0 Å². The van der Waals surface area contributed by atoms with E-state index in [9.17, 15) is 9.59 Å². The number of fused-ring (bicyclic) bond motifs is 1. The first-order chi connectivity index (χ1) is 11.7. The van der Waals surface area contributed by atoms with Crippen LogP contribution in [0.15, 0.2) is 29.3 Å². The molecule has 1 aliphatic carbocycles. The van der Waals surface area contributed by atoms with Crippen LogP contribution in [0, 0.1) is 5.92 Å². The molecule has 1 aliphatic heterocycles. The molecule has 0 aromatic carbocycles. The summed E-state index contributed by atoms with van der Waals surface area (Å²) in [6.45, 7) is 1.04. The Balaban J connectivity index is 1.56. The minimum atomic E-state index is -0.100. The molecule has 2 aliphatic rings. The highest BCUT2D eigenvalue weighted by molar-refractivity contribution is 5.76. The summed E-state index contributed by atoms with van der Waals surface area (Å²) in [6.07, 6.45) is 8.05. The second-order valence-electron chi connectivity index (χ2n) is 6.62. The summed E-state index contributed by atoms with van der Waals surface area (Å²) >= 11 is 0. The number of nitrogens with zero attached hydrogens (tertiary/aromatic N) is 3. The molecule has 0 radical (unpaired) electrons. The van der Waals surface area contributed by atoms with Crippen molar-refractivity contribution in [3.63, 3.8) is 0 Å². The zero-order valence-electron chi connectivity index (χ0n) is 13.5. The van der Waals surface area contributed by atoms with E-state index in [4.69, 9.17) is 0 Å². The molecule has 0 spiro atoms. The third-order valence-corrected chi connectivity index (χ3v) is 4.84. The molecule has 0 bridgehead atoms. The lowest BCUT2D eigenvalue weighted by Gasteiger charge is -2.28. The van der Waals surface area contributed by atoms with Gasteiger partial charge in [-0.05, 0) is 30.9 Å². The van der Waals surface area contributed by atoms with Crippen molar-refractivity contribution in [3.05, 3.63) is 46.1 Å². The number of pyridine rings is 1. The molecule has 1 amide bonds. The molecule has 1 saturated carbocycles. The van der Waals surface area contributed by atoms with Crippen LogP contribution in [0.25, 0.3) is 11.4 Å². The molecule has 3 heterocycles.